The monoisotopic (exact) mass is 246 g/mol. The second kappa shape index (κ2) is 8.73. The summed E-state index contributed by atoms with van der Waals surface area (Å²) in [5.41, 5.74) is 0. The third kappa shape index (κ3) is 6.25. The average molecular weight is 246 g/mol. The van der Waals surface area contributed by atoms with E-state index in [1.807, 2.05) is 0 Å². The molecule has 0 saturated carbocycles. The lowest BCUT2D eigenvalue weighted by Crippen LogP contribution is -2.40. The van der Waals surface area contributed by atoms with Crippen LogP contribution in [0.1, 0.15) is 19.3 Å². The first-order chi connectivity index (χ1) is 7.83. The molecule has 1 fully saturated rings. The van der Waals surface area contributed by atoms with Crippen molar-refractivity contribution < 1.29 is 9.47 Å². The molecule has 0 spiro atoms. The Hall–Kier alpha value is -0.390. The van der Waals surface area contributed by atoms with Crippen molar-refractivity contribution in [3.05, 3.63) is 0 Å². The zero-order valence-corrected chi connectivity index (χ0v) is 10.8. The zero-order chi connectivity index (χ0) is 11.6. The van der Waals surface area contributed by atoms with Gasteiger partial charge in [0.05, 0.1) is 6.61 Å². The Bertz CT molecular complexity index is 196. The number of methoxy groups -OCH3 is 1. The summed E-state index contributed by atoms with van der Waals surface area (Å²) in [6, 6.07) is 0. The lowest BCUT2D eigenvalue weighted by atomic mass is 10.0. The molecule has 0 bridgehead atoms. The molecule has 4 nitrogen and oxygen atoms in total. The summed E-state index contributed by atoms with van der Waals surface area (Å²) in [5, 5.41) is 7.12. The van der Waals surface area contributed by atoms with Gasteiger partial charge < -0.3 is 20.1 Å². The number of ether oxygens (including phenoxy) is 2. The topological polar surface area (TPSA) is 42.5 Å². The Morgan fingerprint density at radius 3 is 3.06 bits per heavy atom. The van der Waals surface area contributed by atoms with Crippen LogP contribution in [-0.4, -0.2) is 45.1 Å². The van der Waals surface area contributed by atoms with Gasteiger partial charge in [-0.1, -0.05) is 0 Å². The molecular weight excluding hydrogens is 224 g/mol. The molecule has 0 aliphatic carbocycles. The van der Waals surface area contributed by atoms with Gasteiger partial charge in [-0.05, 0) is 37.4 Å². The maximum absolute atomic E-state index is 5.41. The third-order valence-corrected chi connectivity index (χ3v) is 2.91. The summed E-state index contributed by atoms with van der Waals surface area (Å²) in [4.78, 5) is 0. The molecule has 1 aliphatic heterocycles. The number of rotatable bonds is 6. The standard InChI is InChI=1S/C11H22N2O2S/c1-14-6-3-5-12-11(16)13-8-10-4-2-7-15-9-10/h10H,2-9H2,1H3,(H2,12,13,16). The summed E-state index contributed by atoms with van der Waals surface area (Å²) in [6.07, 6.45) is 3.38. The van der Waals surface area contributed by atoms with Crippen LogP contribution >= 0.6 is 12.2 Å². The molecule has 1 aliphatic rings. The van der Waals surface area contributed by atoms with Crippen molar-refractivity contribution in [1.29, 1.82) is 0 Å². The lowest BCUT2D eigenvalue weighted by molar-refractivity contribution is 0.0565. The van der Waals surface area contributed by atoms with Crippen LogP contribution in [0.25, 0.3) is 0 Å². The van der Waals surface area contributed by atoms with E-state index in [4.69, 9.17) is 21.7 Å². The van der Waals surface area contributed by atoms with E-state index >= 15 is 0 Å². The van der Waals surface area contributed by atoms with E-state index in [-0.39, 0.29) is 0 Å². The molecule has 0 aromatic carbocycles. The van der Waals surface area contributed by atoms with Gasteiger partial charge in [-0.25, -0.2) is 0 Å². The van der Waals surface area contributed by atoms with E-state index in [1.54, 1.807) is 7.11 Å². The zero-order valence-electron chi connectivity index (χ0n) is 9.96. The van der Waals surface area contributed by atoms with Gasteiger partial charge in [0.25, 0.3) is 0 Å². The van der Waals surface area contributed by atoms with Gasteiger partial charge in [0.1, 0.15) is 0 Å². The first-order valence-corrected chi connectivity index (χ1v) is 6.32. The van der Waals surface area contributed by atoms with Crippen LogP contribution in [0.3, 0.4) is 0 Å². The number of hydrogen-bond acceptors (Lipinski definition) is 3. The van der Waals surface area contributed by atoms with Crippen molar-refractivity contribution in [2.45, 2.75) is 19.3 Å². The summed E-state index contributed by atoms with van der Waals surface area (Å²) in [5.74, 6) is 0.604. The van der Waals surface area contributed by atoms with E-state index in [0.717, 1.165) is 44.4 Å². The van der Waals surface area contributed by atoms with E-state index in [2.05, 4.69) is 10.6 Å². The Morgan fingerprint density at radius 2 is 2.38 bits per heavy atom. The molecule has 1 rings (SSSR count). The van der Waals surface area contributed by atoms with E-state index < -0.39 is 0 Å². The van der Waals surface area contributed by atoms with Crippen LogP contribution in [0.15, 0.2) is 0 Å². The van der Waals surface area contributed by atoms with Crippen molar-refractivity contribution in [2.24, 2.45) is 5.92 Å². The maximum atomic E-state index is 5.41. The first kappa shape index (κ1) is 13.7. The van der Waals surface area contributed by atoms with Gasteiger partial charge in [0.15, 0.2) is 5.11 Å². The van der Waals surface area contributed by atoms with Crippen molar-refractivity contribution in [1.82, 2.24) is 10.6 Å². The summed E-state index contributed by atoms with van der Waals surface area (Å²) in [6.45, 7) is 4.32. The van der Waals surface area contributed by atoms with Crippen LogP contribution in [0.2, 0.25) is 0 Å². The molecular formula is C11H22N2O2S. The van der Waals surface area contributed by atoms with E-state index in [9.17, 15) is 0 Å². The average Bonchev–Trinajstić information content (AvgIpc) is 2.33. The van der Waals surface area contributed by atoms with Gasteiger partial charge in [0, 0.05) is 33.4 Å². The minimum atomic E-state index is 0.604. The lowest BCUT2D eigenvalue weighted by Gasteiger charge is -2.23. The fourth-order valence-electron chi connectivity index (χ4n) is 1.69. The SMILES string of the molecule is COCCCNC(=S)NCC1CCCOC1. The van der Waals surface area contributed by atoms with Gasteiger partial charge in [-0.15, -0.1) is 0 Å². The highest BCUT2D eigenvalue weighted by Gasteiger charge is 2.13. The fourth-order valence-corrected chi connectivity index (χ4v) is 1.87. The predicted octanol–water partition coefficient (Wildman–Crippen LogP) is 0.914. The van der Waals surface area contributed by atoms with Crippen LogP contribution < -0.4 is 10.6 Å². The van der Waals surface area contributed by atoms with E-state index in [0.29, 0.717) is 5.92 Å². The van der Waals surface area contributed by atoms with Crippen molar-refractivity contribution in [2.75, 3.05) is 40.0 Å². The van der Waals surface area contributed by atoms with Crippen molar-refractivity contribution >= 4 is 17.3 Å². The molecule has 5 heteroatoms. The highest BCUT2D eigenvalue weighted by atomic mass is 32.1. The highest BCUT2D eigenvalue weighted by molar-refractivity contribution is 7.80. The van der Waals surface area contributed by atoms with Gasteiger partial charge in [-0.2, -0.15) is 0 Å². The molecule has 1 heterocycles. The van der Waals surface area contributed by atoms with Crippen LogP contribution in [0, 0.1) is 5.92 Å². The molecule has 16 heavy (non-hydrogen) atoms. The van der Waals surface area contributed by atoms with Gasteiger partial charge in [0.2, 0.25) is 0 Å². The summed E-state index contributed by atoms with van der Waals surface area (Å²) >= 11 is 5.17. The number of nitrogens with one attached hydrogen (secondary N) is 2. The molecule has 0 radical (unpaired) electrons. The third-order valence-electron chi connectivity index (χ3n) is 2.62. The second-order valence-corrected chi connectivity index (χ2v) is 4.47. The Balaban J connectivity index is 1.96. The first-order valence-electron chi connectivity index (χ1n) is 5.91. The largest absolute Gasteiger partial charge is 0.385 e. The molecule has 94 valence electrons. The molecule has 0 aromatic heterocycles. The number of hydrogen-bond donors (Lipinski definition) is 2. The maximum Gasteiger partial charge on any atom is 0.166 e. The van der Waals surface area contributed by atoms with E-state index in [1.165, 1.54) is 12.8 Å². The smallest absolute Gasteiger partial charge is 0.166 e. The molecule has 0 amide bonds. The normalized spacial score (nSPS) is 20.4. The molecule has 1 atom stereocenters. The fraction of sp³-hybridized carbons (Fsp3) is 0.909. The number of thiocarbonyl (C=S) groups is 1. The molecule has 2 N–H and O–H groups in total. The van der Waals surface area contributed by atoms with Crippen LogP contribution in [-0.2, 0) is 9.47 Å². The minimum Gasteiger partial charge on any atom is -0.385 e. The van der Waals surface area contributed by atoms with Gasteiger partial charge >= 0.3 is 0 Å². The van der Waals surface area contributed by atoms with Gasteiger partial charge in [-0.3, -0.25) is 0 Å². The summed E-state index contributed by atoms with van der Waals surface area (Å²) in [7, 11) is 1.71. The Morgan fingerprint density at radius 1 is 1.50 bits per heavy atom. The van der Waals surface area contributed by atoms with Crippen LogP contribution in [0.4, 0.5) is 0 Å². The van der Waals surface area contributed by atoms with Crippen molar-refractivity contribution in [3.8, 4) is 0 Å². The Labute approximate surface area is 103 Å². The molecule has 1 unspecified atom stereocenters. The summed E-state index contributed by atoms with van der Waals surface area (Å²) < 4.78 is 10.4. The van der Waals surface area contributed by atoms with Crippen molar-refractivity contribution in [3.63, 3.8) is 0 Å². The predicted molar refractivity (Wildman–Crippen MR) is 68.6 cm³/mol. The quantitative estimate of drug-likeness (QED) is 0.539. The molecule has 0 aromatic rings. The minimum absolute atomic E-state index is 0.604. The van der Waals surface area contributed by atoms with Crippen LogP contribution in [0.5, 0.6) is 0 Å². The molecule has 1 saturated heterocycles. The Kier molecular flexibility index (Phi) is 7.46. The highest BCUT2D eigenvalue weighted by Crippen LogP contribution is 2.11. The second-order valence-electron chi connectivity index (χ2n) is 4.07.